The van der Waals surface area contributed by atoms with Gasteiger partial charge in [0.15, 0.2) is 0 Å². The number of benzene rings is 2. The molecule has 0 heterocycles. The zero-order valence-electron chi connectivity index (χ0n) is 10.8. The van der Waals surface area contributed by atoms with Crippen LogP contribution in [0.1, 0.15) is 18.5 Å². The van der Waals surface area contributed by atoms with Crippen molar-refractivity contribution in [2.24, 2.45) is 0 Å². The first kappa shape index (κ1) is 15.1. The van der Waals surface area contributed by atoms with Gasteiger partial charge in [0, 0.05) is 24.8 Å². The van der Waals surface area contributed by atoms with Gasteiger partial charge in [-0.2, -0.15) is 0 Å². The van der Waals surface area contributed by atoms with Crippen LogP contribution in [0.15, 0.2) is 61.2 Å². The highest BCUT2D eigenvalue weighted by Gasteiger charge is 2.08. The summed E-state index contributed by atoms with van der Waals surface area (Å²) in [6, 6.07) is 15.2. The van der Waals surface area contributed by atoms with Crippen molar-refractivity contribution < 1.29 is 0 Å². The van der Waals surface area contributed by atoms with Gasteiger partial charge >= 0.3 is 0 Å². The maximum atomic E-state index is 3.65. The van der Waals surface area contributed by atoms with Crippen LogP contribution in [-0.4, -0.2) is 7.05 Å². The summed E-state index contributed by atoms with van der Waals surface area (Å²) in [6.07, 6.45) is 0. The molecule has 0 radical (unpaired) electrons. The highest BCUT2D eigenvalue weighted by Crippen LogP contribution is 2.33. The summed E-state index contributed by atoms with van der Waals surface area (Å²) in [5.74, 6) is 0. The van der Waals surface area contributed by atoms with E-state index in [0.717, 1.165) is 8.95 Å². The molecule has 0 aliphatic heterocycles. The average Bonchev–Trinajstić information content (AvgIpc) is 2.41. The predicted octanol–water partition coefficient (Wildman–Crippen LogP) is 5.64. The van der Waals surface area contributed by atoms with E-state index >= 15 is 0 Å². The van der Waals surface area contributed by atoms with Gasteiger partial charge in [0.1, 0.15) is 0 Å². The monoisotopic (exact) mass is 399 g/mol. The van der Waals surface area contributed by atoms with E-state index < -0.39 is 0 Å². The highest BCUT2D eigenvalue weighted by molar-refractivity contribution is 9.10. The molecule has 0 spiro atoms. The van der Waals surface area contributed by atoms with Gasteiger partial charge in [0.25, 0.3) is 0 Å². The van der Waals surface area contributed by atoms with Crippen LogP contribution in [0.25, 0.3) is 0 Å². The lowest BCUT2D eigenvalue weighted by atomic mass is 10.1. The Balaban J connectivity index is 2.18. The van der Waals surface area contributed by atoms with E-state index in [9.17, 15) is 0 Å². The van der Waals surface area contributed by atoms with Crippen LogP contribution >= 0.6 is 43.6 Å². The van der Waals surface area contributed by atoms with E-state index in [2.05, 4.69) is 86.6 Å². The molecule has 4 heteroatoms. The van der Waals surface area contributed by atoms with Crippen LogP contribution in [0, 0.1) is 0 Å². The van der Waals surface area contributed by atoms with Crippen molar-refractivity contribution in [2.45, 2.75) is 22.8 Å². The van der Waals surface area contributed by atoms with Crippen LogP contribution in [-0.2, 0) is 0 Å². The molecule has 19 heavy (non-hydrogen) atoms. The van der Waals surface area contributed by atoms with Gasteiger partial charge in [0.05, 0.1) is 0 Å². The maximum Gasteiger partial charge on any atom is 0.0300 e. The highest BCUT2D eigenvalue weighted by atomic mass is 79.9. The van der Waals surface area contributed by atoms with Crippen molar-refractivity contribution in [3.63, 3.8) is 0 Å². The zero-order chi connectivity index (χ0) is 13.8. The smallest absolute Gasteiger partial charge is 0.0300 e. The summed E-state index contributed by atoms with van der Waals surface area (Å²) in [5.41, 5.74) is 1.28. The molecular formula is C15H15Br2NS. The second-order valence-corrected chi connectivity index (χ2v) is 7.17. The summed E-state index contributed by atoms with van der Waals surface area (Å²) >= 11 is 8.87. The lowest BCUT2D eigenvalue weighted by Crippen LogP contribution is -2.12. The molecule has 1 nitrogen and oxygen atoms in total. The molecule has 2 rings (SSSR count). The molecule has 1 N–H and O–H groups in total. The molecule has 2 aromatic carbocycles. The Labute approximate surface area is 135 Å². The van der Waals surface area contributed by atoms with E-state index in [1.54, 1.807) is 11.8 Å². The lowest BCUT2D eigenvalue weighted by Gasteiger charge is -2.13. The normalized spacial score (nSPS) is 12.4. The largest absolute Gasteiger partial charge is 0.313 e. The molecule has 0 bridgehead atoms. The summed E-state index contributed by atoms with van der Waals surface area (Å²) in [7, 11) is 1.97. The third kappa shape index (κ3) is 4.09. The maximum absolute atomic E-state index is 3.65. The molecule has 100 valence electrons. The van der Waals surface area contributed by atoms with Crippen LogP contribution in [0.2, 0.25) is 0 Å². The summed E-state index contributed by atoms with van der Waals surface area (Å²) < 4.78 is 2.26. The first-order valence-electron chi connectivity index (χ1n) is 6.00. The Hall–Kier alpha value is -0.290. The average molecular weight is 401 g/mol. The second kappa shape index (κ2) is 6.93. The van der Waals surface area contributed by atoms with E-state index in [1.165, 1.54) is 15.4 Å². The second-order valence-electron chi connectivity index (χ2n) is 4.25. The molecule has 2 aromatic rings. The standard InChI is InChI=1S/C15H15Br2NS/c1-10(18-2)14-8-7-13(9-15(14)17)19-12-5-3-11(16)4-6-12/h3-10,18H,1-2H3. The molecule has 0 amide bonds. The van der Waals surface area contributed by atoms with Crippen molar-refractivity contribution >= 4 is 43.6 Å². The van der Waals surface area contributed by atoms with Crippen LogP contribution < -0.4 is 5.32 Å². The third-order valence-electron chi connectivity index (χ3n) is 2.92. The first-order chi connectivity index (χ1) is 9.10. The van der Waals surface area contributed by atoms with Gasteiger partial charge in [-0.25, -0.2) is 0 Å². The minimum Gasteiger partial charge on any atom is -0.313 e. The van der Waals surface area contributed by atoms with Gasteiger partial charge in [-0.15, -0.1) is 0 Å². The summed E-state index contributed by atoms with van der Waals surface area (Å²) in [4.78, 5) is 2.48. The number of hydrogen-bond donors (Lipinski definition) is 1. The Morgan fingerprint density at radius 1 is 1.00 bits per heavy atom. The van der Waals surface area contributed by atoms with Gasteiger partial charge in [0.2, 0.25) is 0 Å². The Bertz CT molecular complexity index is 555. The Morgan fingerprint density at radius 2 is 1.63 bits per heavy atom. The first-order valence-corrected chi connectivity index (χ1v) is 8.40. The molecule has 1 atom stereocenters. The van der Waals surface area contributed by atoms with Gasteiger partial charge in [-0.05, 0) is 55.9 Å². The molecular weight excluding hydrogens is 386 g/mol. The number of halogens is 2. The number of rotatable bonds is 4. The fourth-order valence-electron chi connectivity index (χ4n) is 1.72. The van der Waals surface area contributed by atoms with E-state index in [0.29, 0.717) is 6.04 Å². The van der Waals surface area contributed by atoms with E-state index in [-0.39, 0.29) is 0 Å². The fraction of sp³-hybridized carbons (Fsp3) is 0.200. The topological polar surface area (TPSA) is 12.0 Å². The van der Waals surface area contributed by atoms with Crippen molar-refractivity contribution in [3.05, 3.63) is 57.0 Å². The minimum absolute atomic E-state index is 0.348. The molecule has 0 aromatic heterocycles. The Morgan fingerprint density at radius 3 is 2.21 bits per heavy atom. The third-order valence-corrected chi connectivity index (χ3v) is 5.13. The van der Waals surface area contributed by atoms with Crippen LogP contribution in [0.3, 0.4) is 0 Å². The molecule has 0 fully saturated rings. The Kier molecular flexibility index (Phi) is 5.51. The number of nitrogens with one attached hydrogen (secondary N) is 1. The SMILES string of the molecule is CNC(C)c1ccc(Sc2ccc(Br)cc2)cc1Br. The minimum atomic E-state index is 0.348. The van der Waals surface area contributed by atoms with E-state index in [1.807, 2.05) is 7.05 Å². The van der Waals surface area contributed by atoms with Crippen LogP contribution in [0.4, 0.5) is 0 Å². The van der Waals surface area contributed by atoms with Crippen molar-refractivity contribution in [1.29, 1.82) is 0 Å². The van der Waals surface area contributed by atoms with Crippen molar-refractivity contribution in [1.82, 2.24) is 5.32 Å². The zero-order valence-corrected chi connectivity index (χ0v) is 14.8. The predicted molar refractivity (Wildman–Crippen MR) is 89.9 cm³/mol. The molecule has 0 saturated heterocycles. The lowest BCUT2D eigenvalue weighted by molar-refractivity contribution is 0.649. The summed E-state index contributed by atoms with van der Waals surface area (Å²) in [5, 5.41) is 3.26. The fourth-order valence-corrected chi connectivity index (χ4v) is 3.71. The van der Waals surface area contributed by atoms with Gasteiger partial charge in [-0.1, -0.05) is 49.7 Å². The number of hydrogen-bond acceptors (Lipinski definition) is 2. The quantitative estimate of drug-likeness (QED) is 0.712. The summed E-state index contributed by atoms with van der Waals surface area (Å²) in [6.45, 7) is 2.15. The molecule has 0 aliphatic rings. The van der Waals surface area contributed by atoms with Gasteiger partial charge in [-0.3, -0.25) is 0 Å². The van der Waals surface area contributed by atoms with Crippen LogP contribution in [0.5, 0.6) is 0 Å². The molecule has 0 aliphatic carbocycles. The van der Waals surface area contributed by atoms with Crippen molar-refractivity contribution in [2.75, 3.05) is 7.05 Å². The van der Waals surface area contributed by atoms with Crippen molar-refractivity contribution in [3.8, 4) is 0 Å². The van der Waals surface area contributed by atoms with E-state index in [4.69, 9.17) is 0 Å². The molecule has 0 saturated carbocycles. The molecule has 1 unspecified atom stereocenters. The van der Waals surface area contributed by atoms with Gasteiger partial charge < -0.3 is 5.32 Å².